The number of hydrogen-bond donors (Lipinski definition) is 1. The Balaban J connectivity index is 1.89. The first-order chi connectivity index (χ1) is 21.7. The lowest BCUT2D eigenvalue weighted by Gasteiger charge is -2.41. The number of pyridine rings is 2. The van der Waals surface area contributed by atoms with Crippen LogP contribution in [0, 0.1) is 29.0 Å². The molecule has 4 heterocycles. The van der Waals surface area contributed by atoms with Gasteiger partial charge in [-0.1, -0.05) is 79.8 Å². The first-order valence-electron chi connectivity index (χ1n) is 14.4. The number of rotatable bonds is 5. The smallest absolute Gasteiger partial charge is 0.272 e. The second-order valence-corrected chi connectivity index (χ2v) is 13.1. The van der Waals surface area contributed by atoms with E-state index in [1.807, 2.05) is 38.7 Å². The largest absolute Gasteiger partial charge is 0.505 e. The average Bonchev–Trinajstić information content (AvgIpc) is 3.02. The Morgan fingerprint density at radius 1 is 1.20 bits per heavy atom. The Morgan fingerprint density at radius 3 is 2.50 bits per heavy atom. The van der Waals surface area contributed by atoms with Crippen molar-refractivity contribution in [3.05, 3.63) is 72.8 Å². The van der Waals surface area contributed by atoms with E-state index in [0.29, 0.717) is 36.4 Å². The van der Waals surface area contributed by atoms with Gasteiger partial charge in [0.15, 0.2) is 11.6 Å². The Morgan fingerprint density at radius 2 is 1.89 bits per heavy atom. The van der Waals surface area contributed by atoms with E-state index < -0.39 is 33.2 Å². The van der Waals surface area contributed by atoms with Gasteiger partial charge in [-0.15, -0.1) is 0 Å². The molecule has 46 heavy (non-hydrogen) atoms. The molecular weight excluding hydrogens is 677 g/mol. The summed E-state index contributed by atoms with van der Waals surface area (Å²) in [4.78, 5) is 39.9. The third-order valence-corrected chi connectivity index (χ3v) is 9.74. The normalized spacial score (nSPS) is 19.8. The highest BCUT2D eigenvalue weighted by Crippen LogP contribution is 2.48. The standard InChI is InChI=1S/C32H29Cl4FN6O3/c1-6-20(44)42-10-9-41(13-16(42)5)29-17-11-19(33)27(21-22(34)25(37)24(36)30(45)23(21)35)40-31(17)43(32(46)18(29)12-38)28-15(4)7-8-39-26(28)14(2)3/h6-8,11,14-16,28,45H,1,9-10,13H2,2-5H3/t15?,16-,28?/m1/s1. The number of allylic oxidation sites excluding steroid dienone is 1. The van der Waals surface area contributed by atoms with Crippen molar-refractivity contribution in [1.29, 1.82) is 5.26 Å². The molecule has 2 aromatic heterocycles. The first kappa shape index (κ1) is 33.7. The molecule has 240 valence electrons. The van der Waals surface area contributed by atoms with Gasteiger partial charge in [0.05, 0.1) is 32.5 Å². The lowest BCUT2D eigenvalue weighted by atomic mass is 9.88. The number of hydrogen-bond acceptors (Lipinski definition) is 7. The second kappa shape index (κ2) is 12.9. The number of aromatic hydroxyl groups is 1. The topological polar surface area (TPSA) is 115 Å². The predicted molar refractivity (Wildman–Crippen MR) is 181 cm³/mol. The maximum absolute atomic E-state index is 15.0. The van der Waals surface area contributed by atoms with Crippen LogP contribution in [0.3, 0.4) is 0 Å². The maximum Gasteiger partial charge on any atom is 0.272 e. The Kier molecular flexibility index (Phi) is 9.45. The fraction of sp³-hybridized carbons (Fsp3) is 0.344. The zero-order chi connectivity index (χ0) is 33.8. The molecule has 1 N–H and O–H groups in total. The number of carbonyl (C=O) groups excluding carboxylic acids is 1. The summed E-state index contributed by atoms with van der Waals surface area (Å²) in [6.45, 7) is 12.2. The number of benzene rings is 1. The third kappa shape index (κ3) is 5.43. The predicted octanol–water partition coefficient (Wildman–Crippen LogP) is 7.42. The minimum absolute atomic E-state index is 0.0457. The summed E-state index contributed by atoms with van der Waals surface area (Å²) in [6, 6.07) is 2.70. The van der Waals surface area contributed by atoms with Gasteiger partial charge >= 0.3 is 0 Å². The molecule has 3 atom stereocenters. The molecule has 14 heteroatoms. The Labute approximate surface area is 284 Å². The summed E-state index contributed by atoms with van der Waals surface area (Å²) in [5.74, 6) is -2.44. The molecule has 0 bridgehead atoms. The first-order valence-corrected chi connectivity index (χ1v) is 15.9. The number of aromatic nitrogens is 2. The summed E-state index contributed by atoms with van der Waals surface area (Å²) < 4.78 is 16.5. The quantitative estimate of drug-likeness (QED) is 0.168. The molecule has 1 amide bonds. The average molecular weight is 706 g/mol. The van der Waals surface area contributed by atoms with Crippen LogP contribution in [-0.2, 0) is 4.79 Å². The van der Waals surface area contributed by atoms with E-state index in [0.717, 1.165) is 0 Å². The van der Waals surface area contributed by atoms with Gasteiger partial charge in [0.2, 0.25) is 5.91 Å². The van der Waals surface area contributed by atoms with Crippen LogP contribution in [0.4, 0.5) is 10.1 Å². The van der Waals surface area contributed by atoms with Crippen molar-refractivity contribution in [2.75, 3.05) is 24.5 Å². The number of piperazine rings is 1. The van der Waals surface area contributed by atoms with Crippen molar-refractivity contribution in [3.8, 4) is 23.1 Å². The highest BCUT2D eigenvalue weighted by Gasteiger charge is 2.36. The summed E-state index contributed by atoms with van der Waals surface area (Å²) in [6.07, 6.45) is 4.78. The van der Waals surface area contributed by atoms with Crippen LogP contribution in [0.1, 0.15) is 39.3 Å². The van der Waals surface area contributed by atoms with Gasteiger partial charge in [-0.05, 0) is 25.0 Å². The number of nitriles is 1. The SMILES string of the molecule is C=CC(=O)N1CCN(c2c(C#N)c(=O)n(C3C(C(C)C)=NC=CC3C)c3nc(-c4c(Cl)c(O)c(Cl)c(F)c4Cl)c(Cl)cc23)C[C@H]1C. The van der Waals surface area contributed by atoms with Crippen LogP contribution in [-0.4, -0.2) is 56.9 Å². The molecule has 1 saturated heterocycles. The zero-order valence-electron chi connectivity index (χ0n) is 25.3. The Bertz CT molecular complexity index is 1940. The fourth-order valence-electron chi connectivity index (χ4n) is 6.16. The highest BCUT2D eigenvalue weighted by atomic mass is 35.5. The summed E-state index contributed by atoms with van der Waals surface area (Å²) >= 11 is 25.5. The monoisotopic (exact) mass is 704 g/mol. The van der Waals surface area contributed by atoms with E-state index in [1.54, 1.807) is 11.1 Å². The van der Waals surface area contributed by atoms with E-state index in [1.165, 1.54) is 16.7 Å². The molecule has 1 fully saturated rings. The van der Waals surface area contributed by atoms with Gasteiger partial charge in [0, 0.05) is 54.5 Å². The van der Waals surface area contributed by atoms with Gasteiger partial charge in [0.25, 0.3) is 5.56 Å². The van der Waals surface area contributed by atoms with E-state index in [9.17, 15) is 20.0 Å². The molecule has 5 rings (SSSR count). The molecule has 2 unspecified atom stereocenters. The minimum atomic E-state index is -1.13. The number of aliphatic imine (C=N–C) groups is 1. The van der Waals surface area contributed by atoms with Crippen molar-refractivity contribution in [2.45, 2.75) is 39.8 Å². The molecule has 2 aliphatic heterocycles. The fourth-order valence-corrected chi connectivity index (χ4v) is 7.30. The zero-order valence-corrected chi connectivity index (χ0v) is 28.3. The van der Waals surface area contributed by atoms with Crippen LogP contribution in [0.25, 0.3) is 22.3 Å². The summed E-state index contributed by atoms with van der Waals surface area (Å²) in [5, 5.41) is 19.7. The van der Waals surface area contributed by atoms with Gasteiger partial charge in [-0.3, -0.25) is 19.1 Å². The van der Waals surface area contributed by atoms with Crippen molar-refractivity contribution in [1.82, 2.24) is 14.5 Å². The van der Waals surface area contributed by atoms with Crippen LogP contribution in [0.15, 0.2) is 40.8 Å². The van der Waals surface area contributed by atoms with E-state index in [4.69, 9.17) is 51.4 Å². The van der Waals surface area contributed by atoms with Crippen LogP contribution < -0.4 is 10.5 Å². The maximum atomic E-state index is 15.0. The molecule has 0 spiro atoms. The molecule has 0 aliphatic carbocycles. The molecule has 0 saturated carbocycles. The van der Waals surface area contributed by atoms with E-state index in [2.05, 4.69) is 17.6 Å². The number of fused-ring (bicyclic) bond motifs is 1. The van der Waals surface area contributed by atoms with Gasteiger partial charge in [-0.2, -0.15) is 5.26 Å². The molecular formula is C32H29Cl4FN6O3. The number of nitrogens with zero attached hydrogens (tertiary/aromatic N) is 6. The lowest BCUT2D eigenvalue weighted by Crippen LogP contribution is -2.54. The van der Waals surface area contributed by atoms with Crippen LogP contribution in [0.5, 0.6) is 5.75 Å². The number of phenolic OH excluding ortho intramolecular Hbond substituents is 1. The molecule has 1 aromatic carbocycles. The highest BCUT2D eigenvalue weighted by molar-refractivity contribution is 6.44. The third-order valence-electron chi connectivity index (χ3n) is 8.38. The van der Waals surface area contributed by atoms with E-state index in [-0.39, 0.29) is 56.3 Å². The number of amides is 1. The van der Waals surface area contributed by atoms with Gasteiger partial charge in [-0.25, -0.2) is 9.37 Å². The van der Waals surface area contributed by atoms with Gasteiger partial charge in [0.1, 0.15) is 22.3 Å². The van der Waals surface area contributed by atoms with Crippen molar-refractivity contribution in [3.63, 3.8) is 0 Å². The van der Waals surface area contributed by atoms with Crippen molar-refractivity contribution >= 4 is 74.7 Å². The summed E-state index contributed by atoms with van der Waals surface area (Å²) in [5.41, 5.74) is -0.00464. The molecule has 0 radical (unpaired) electrons. The Hall–Kier alpha value is -3.62. The molecule has 9 nitrogen and oxygen atoms in total. The number of phenols is 1. The van der Waals surface area contributed by atoms with Crippen LogP contribution in [0.2, 0.25) is 20.1 Å². The molecule has 2 aliphatic rings. The van der Waals surface area contributed by atoms with Crippen LogP contribution >= 0.6 is 46.4 Å². The molecule has 3 aromatic rings. The lowest BCUT2D eigenvalue weighted by molar-refractivity contribution is -0.128. The van der Waals surface area contributed by atoms with E-state index >= 15 is 4.39 Å². The number of anilines is 1. The summed E-state index contributed by atoms with van der Waals surface area (Å²) in [7, 11) is 0. The van der Waals surface area contributed by atoms with Crippen molar-refractivity contribution < 1.29 is 14.3 Å². The second-order valence-electron chi connectivity index (χ2n) is 11.6. The van der Waals surface area contributed by atoms with Gasteiger partial charge < -0.3 is 14.9 Å². The minimum Gasteiger partial charge on any atom is -0.505 e. The van der Waals surface area contributed by atoms with Crippen molar-refractivity contribution in [2.24, 2.45) is 16.8 Å². The number of carbonyl (C=O) groups is 1. The number of halogens is 5.